The fourth-order valence-corrected chi connectivity index (χ4v) is 5.78. The van der Waals surface area contributed by atoms with E-state index in [0.29, 0.717) is 18.4 Å². The SMILES string of the molecule is CC12CCC3c4ccc(OCCO)cc4CCC3C1CCC2O. The van der Waals surface area contributed by atoms with Crippen LogP contribution in [0.5, 0.6) is 5.75 Å². The van der Waals surface area contributed by atoms with Gasteiger partial charge in [-0.2, -0.15) is 0 Å². The average molecular weight is 316 g/mol. The summed E-state index contributed by atoms with van der Waals surface area (Å²) in [6, 6.07) is 6.50. The first kappa shape index (κ1) is 15.5. The molecule has 0 heterocycles. The zero-order valence-electron chi connectivity index (χ0n) is 14.0. The van der Waals surface area contributed by atoms with E-state index < -0.39 is 0 Å². The summed E-state index contributed by atoms with van der Waals surface area (Å²) in [6.45, 7) is 2.75. The van der Waals surface area contributed by atoms with Gasteiger partial charge in [-0.15, -0.1) is 0 Å². The van der Waals surface area contributed by atoms with Gasteiger partial charge >= 0.3 is 0 Å². The van der Waals surface area contributed by atoms with Crippen molar-refractivity contribution in [3.63, 3.8) is 0 Å². The van der Waals surface area contributed by atoms with E-state index >= 15 is 0 Å². The van der Waals surface area contributed by atoms with E-state index in [2.05, 4.69) is 25.1 Å². The summed E-state index contributed by atoms with van der Waals surface area (Å²) in [4.78, 5) is 0. The van der Waals surface area contributed by atoms with Crippen LogP contribution in [0.15, 0.2) is 18.2 Å². The predicted molar refractivity (Wildman–Crippen MR) is 89.6 cm³/mol. The van der Waals surface area contributed by atoms with Gasteiger partial charge in [0.1, 0.15) is 12.4 Å². The molecular weight excluding hydrogens is 288 g/mol. The number of benzene rings is 1. The molecule has 2 N–H and O–H groups in total. The highest BCUT2D eigenvalue weighted by atomic mass is 16.5. The van der Waals surface area contributed by atoms with Crippen LogP contribution in [0.25, 0.3) is 0 Å². The van der Waals surface area contributed by atoms with Crippen LogP contribution in [-0.2, 0) is 6.42 Å². The van der Waals surface area contributed by atoms with Gasteiger partial charge in [0.2, 0.25) is 0 Å². The molecule has 3 aliphatic carbocycles. The highest BCUT2D eigenvalue weighted by Gasteiger charge is 2.54. The van der Waals surface area contributed by atoms with Gasteiger partial charge in [0.25, 0.3) is 0 Å². The maximum Gasteiger partial charge on any atom is 0.119 e. The molecule has 0 radical (unpaired) electrons. The van der Waals surface area contributed by atoms with Crippen molar-refractivity contribution in [2.75, 3.05) is 13.2 Å². The minimum Gasteiger partial charge on any atom is -0.491 e. The quantitative estimate of drug-likeness (QED) is 0.900. The topological polar surface area (TPSA) is 49.7 Å². The van der Waals surface area contributed by atoms with Gasteiger partial charge < -0.3 is 14.9 Å². The fourth-order valence-electron chi connectivity index (χ4n) is 5.78. The van der Waals surface area contributed by atoms with Crippen molar-refractivity contribution >= 4 is 0 Å². The first-order chi connectivity index (χ1) is 11.1. The second kappa shape index (κ2) is 5.78. The number of aliphatic hydroxyl groups excluding tert-OH is 2. The lowest BCUT2D eigenvalue weighted by molar-refractivity contribution is -0.0226. The first-order valence-electron chi connectivity index (χ1n) is 9.18. The summed E-state index contributed by atoms with van der Waals surface area (Å²) < 4.78 is 5.57. The number of hydrogen-bond donors (Lipinski definition) is 2. The van der Waals surface area contributed by atoms with Crippen LogP contribution >= 0.6 is 0 Å². The molecule has 3 heteroatoms. The maximum atomic E-state index is 10.5. The molecule has 0 amide bonds. The average Bonchev–Trinajstić information content (AvgIpc) is 2.88. The van der Waals surface area contributed by atoms with Crippen molar-refractivity contribution in [2.24, 2.45) is 17.3 Å². The molecule has 0 aliphatic heterocycles. The summed E-state index contributed by atoms with van der Waals surface area (Å²) >= 11 is 0. The van der Waals surface area contributed by atoms with Crippen LogP contribution < -0.4 is 4.74 Å². The van der Waals surface area contributed by atoms with Gasteiger partial charge in [0.05, 0.1) is 12.7 Å². The van der Waals surface area contributed by atoms with Gasteiger partial charge in [0, 0.05) is 0 Å². The van der Waals surface area contributed by atoms with E-state index in [1.165, 1.54) is 30.4 Å². The number of hydrogen-bond acceptors (Lipinski definition) is 3. The Hall–Kier alpha value is -1.06. The third kappa shape index (κ3) is 2.40. The lowest BCUT2D eigenvalue weighted by Crippen LogP contribution is -2.43. The molecular formula is C20H28O3. The highest BCUT2D eigenvalue weighted by Crippen LogP contribution is 2.60. The molecule has 126 valence electrons. The lowest BCUT2D eigenvalue weighted by Gasteiger charge is -2.50. The molecule has 5 atom stereocenters. The van der Waals surface area contributed by atoms with Crippen molar-refractivity contribution in [3.8, 4) is 5.75 Å². The largest absolute Gasteiger partial charge is 0.491 e. The molecule has 1 aromatic rings. The molecule has 0 saturated heterocycles. The maximum absolute atomic E-state index is 10.5. The molecule has 0 bridgehead atoms. The third-order valence-corrected chi connectivity index (χ3v) is 7.01. The highest BCUT2D eigenvalue weighted by molar-refractivity contribution is 5.40. The standard InChI is InChI=1S/C20H28O3/c1-20-9-8-16-15-5-3-14(23-11-10-21)12-13(15)2-4-17(16)18(20)6-7-19(20)22/h3,5,12,16-19,21-22H,2,4,6-11H2,1H3. The van der Waals surface area contributed by atoms with Crippen molar-refractivity contribution in [2.45, 2.75) is 57.5 Å². The third-order valence-electron chi connectivity index (χ3n) is 7.01. The fraction of sp³-hybridized carbons (Fsp3) is 0.700. The van der Waals surface area contributed by atoms with E-state index in [-0.39, 0.29) is 18.1 Å². The second-order valence-corrected chi connectivity index (χ2v) is 7.99. The number of ether oxygens (including phenoxy) is 1. The first-order valence-corrected chi connectivity index (χ1v) is 9.18. The Kier molecular flexibility index (Phi) is 3.89. The Morgan fingerprint density at radius 2 is 2.09 bits per heavy atom. The lowest BCUT2D eigenvalue weighted by atomic mass is 9.55. The van der Waals surface area contributed by atoms with Gasteiger partial charge in [0.15, 0.2) is 0 Å². The van der Waals surface area contributed by atoms with Gasteiger partial charge in [-0.25, -0.2) is 0 Å². The second-order valence-electron chi connectivity index (χ2n) is 7.99. The Bertz CT molecular complexity index is 584. The number of aliphatic hydroxyl groups is 2. The minimum absolute atomic E-state index is 0.0599. The van der Waals surface area contributed by atoms with Gasteiger partial charge in [-0.1, -0.05) is 13.0 Å². The van der Waals surface area contributed by atoms with E-state index in [0.717, 1.165) is 30.9 Å². The van der Waals surface area contributed by atoms with E-state index in [1.54, 1.807) is 0 Å². The predicted octanol–water partition coefficient (Wildman–Crippen LogP) is 3.27. The summed E-state index contributed by atoms with van der Waals surface area (Å²) in [5.41, 5.74) is 3.10. The van der Waals surface area contributed by atoms with Crippen molar-refractivity contribution in [3.05, 3.63) is 29.3 Å². The van der Waals surface area contributed by atoms with Gasteiger partial charge in [-0.05, 0) is 85.0 Å². The summed E-state index contributed by atoms with van der Waals surface area (Å²) in [6.07, 6.45) is 6.82. The Labute approximate surface area is 138 Å². The smallest absolute Gasteiger partial charge is 0.119 e. The van der Waals surface area contributed by atoms with E-state index in [4.69, 9.17) is 9.84 Å². The van der Waals surface area contributed by atoms with Crippen LogP contribution in [0.3, 0.4) is 0 Å². The molecule has 4 rings (SSSR count). The molecule has 1 aromatic carbocycles. The summed E-state index contributed by atoms with van der Waals surface area (Å²) in [7, 11) is 0. The van der Waals surface area contributed by atoms with Crippen molar-refractivity contribution in [1.82, 2.24) is 0 Å². The van der Waals surface area contributed by atoms with Crippen LogP contribution in [0.1, 0.15) is 56.1 Å². The van der Waals surface area contributed by atoms with E-state index in [1.807, 2.05) is 0 Å². The molecule has 2 saturated carbocycles. The van der Waals surface area contributed by atoms with Crippen LogP contribution in [0.2, 0.25) is 0 Å². The van der Waals surface area contributed by atoms with Crippen LogP contribution in [0.4, 0.5) is 0 Å². The molecule has 3 aliphatic rings. The van der Waals surface area contributed by atoms with Crippen LogP contribution in [-0.4, -0.2) is 29.5 Å². The monoisotopic (exact) mass is 316 g/mol. The Morgan fingerprint density at radius 3 is 2.91 bits per heavy atom. The molecule has 3 nitrogen and oxygen atoms in total. The summed E-state index contributed by atoms with van der Waals surface area (Å²) in [5.74, 6) is 2.97. The summed E-state index contributed by atoms with van der Waals surface area (Å²) in [5, 5.41) is 19.4. The number of fused-ring (bicyclic) bond motifs is 5. The Balaban J connectivity index is 1.60. The molecule has 23 heavy (non-hydrogen) atoms. The Morgan fingerprint density at radius 1 is 1.22 bits per heavy atom. The zero-order valence-corrected chi connectivity index (χ0v) is 14.0. The van der Waals surface area contributed by atoms with Crippen LogP contribution in [0, 0.1) is 17.3 Å². The molecule has 5 unspecified atom stereocenters. The zero-order chi connectivity index (χ0) is 16.0. The van der Waals surface area contributed by atoms with Gasteiger partial charge in [-0.3, -0.25) is 0 Å². The van der Waals surface area contributed by atoms with Crippen molar-refractivity contribution < 1.29 is 14.9 Å². The van der Waals surface area contributed by atoms with Crippen molar-refractivity contribution in [1.29, 1.82) is 0 Å². The molecule has 0 spiro atoms. The number of rotatable bonds is 3. The normalized spacial score (nSPS) is 38.6. The number of aryl methyl sites for hydroxylation is 1. The molecule has 2 fully saturated rings. The minimum atomic E-state index is -0.0934. The van der Waals surface area contributed by atoms with E-state index in [9.17, 15) is 5.11 Å². The molecule has 0 aromatic heterocycles.